The highest BCUT2D eigenvalue weighted by molar-refractivity contribution is 5.90. The van der Waals surface area contributed by atoms with E-state index in [0.29, 0.717) is 12.2 Å². The molecule has 0 aliphatic carbocycles. The smallest absolute Gasteiger partial charge is 0.325 e. The molecule has 1 amide bonds. The summed E-state index contributed by atoms with van der Waals surface area (Å²) in [5, 5.41) is 2.71. The predicted octanol–water partition coefficient (Wildman–Crippen LogP) is 2.31. The van der Waals surface area contributed by atoms with E-state index in [-0.39, 0.29) is 6.54 Å². The minimum absolute atomic E-state index is 0.332. The highest BCUT2D eigenvalue weighted by Crippen LogP contribution is 2.09. The summed E-state index contributed by atoms with van der Waals surface area (Å²) in [6, 6.07) is 16.4. The van der Waals surface area contributed by atoms with Gasteiger partial charge in [0.25, 0.3) is 5.56 Å². The normalized spacial score (nSPS) is 10.6. The molecule has 27 heavy (non-hydrogen) atoms. The average molecular weight is 363 g/mol. The third-order valence-electron chi connectivity index (χ3n) is 4.22. The van der Waals surface area contributed by atoms with Gasteiger partial charge in [0.1, 0.15) is 6.54 Å². The van der Waals surface area contributed by atoms with Crippen LogP contribution in [0, 0.1) is 13.8 Å². The number of nitrogens with zero attached hydrogens (tertiary/aromatic N) is 2. The topological polar surface area (TPSA) is 73.1 Å². The van der Waals surface area contributed by atoms with Crippen LogP contribution < -0.4 is 16.6 Å². The third-order valence-corrected chi connectivity index (χ3v) is 4.22. The quantitative estimate of drug-likeness (QED) is 0.756. The van der Waals surface area contributed by atoms with Gasteiger partial charge in [0.15, 0.2) is 0 Å². The van der Waals surface area contributed by atoms with Crippen molar-refractivity contribution in [2.45, 2.75) is 26.9 Å². The predicted molar refractivity (Wildman–Crippen MR) is 105 cm³/mol. The van der Waals surface area contributed by atoms with Gasteiger partial charge < -0.3 is 5.32 Å². The molecule has 3 rings (SSSR count). The monoisotopic (exact) mass is 363 g/mol. The molecule has 0 saturated heterocycles. The SMILES string of the molecule is Cc1ccc(Cn2ccc(=O)n(CC(=O)Nc3cccc(C)c3)c2=O)cc1. The molecule has 0 saturated carbocycles. The fourth-order valence-corrected chi connectivity index (χ4v) is 2.78. The van der Waals surface area contributed by atoms with Crippen LogP contribution in [0.2, 0.25) is 0 Å². The lowest BCUT2D eigenvalue weighted by atomic mass is 10.1. The van der Waals surface area contributed by atoms with E-state index in [1.807, 2.05) is 56.3 Å². The number of aromatic nitrogens is 2. The molecular formula is C21H21N3O3. The van der Waals surface area contributed by atoms with Crippen LogP contribution in [0.1, 0.15) is 16.7 Å². The van der Waals surface area contributed by atoms with Crippen molar-refractivity contribution in [2.24, 2.45) is 0 Å². The van der Waals surface area contributed by atoms with E-state index in [9.17, 15) is 14.4 Å². The number of nitrogens with one attached hydrogen (secondary N) is 1. The Morgan fingerprint density at radius 2 is 1.70 bits per heavy atom. The number of benzene rings is 2. The molecule has 1 heterocycles. The van der Waals surface area contributed by atoms with Crippen molar-refractivity contribution in [1.82, 2.24) is 9.13 Å². The van der Waals surface area contributed by atoms with Gasteiger partial charge >= 0.3 is 5.69 Å². The van der Waals surface area contributed by atoms with Crippen LogP contribution in [0.4, 0.5) is 5.69 Å². The number of amides is 1. The Morgan fingerprint density at radius 3 is 2.41 bits per heavy atom. The van der Waals surface area contributed by atoms with Crippen molar-refractivity contribution in [2.75, 3.05) is 5.32 Å². The highest BCUT2D eigenvalue weighted by atomic mass is 16.2. The zero-order valence-corrected chi connectivity index (χ0v) is 15.3. The molecule has 3 aromatic rings. The summed E-state index contributed by atoms with van der Waals surface area (Å²) in [5.74, 6) is -0.423. The Labute approximate surface area is 156 Å². The zero-order valence-electron chi connectivity index (χ0n) is 15.3. The average Bonchev–Trinajstić information content (AvgIpc) is 2.63. The zero-order chi connectivity index (χ0) is 19.4. The lowest BCUT2D eigenvalue weighted by Crippen LogP contribution is -2.41. The second-order valence-corrected chi connectivity index (χ2v) is 6.55. The molecule has 1 aromatic heterocycles. The van der Waals surface area contributed by atoms with Crippen LogP contribution in [0.5, 0.6) is 0 Å². The minimum atomic E-state index is -0.512. The van der Waals surface area contributed by atoms with Gasteiger partial charge in [0.05, 0.1) is 6.54 Å². The van der Waals surface area contributed by atoms with Crippen molar-refractivity contribution < 1.29 is 4.79 Å². The van der Waals surface area contributed by atoms with E-state index in [0.717, 1.165) is 21.3 Å². The van der Waals surface area contributed by atoms with Crippen molar-refractivity contribution in [3.8, 4) is 0 Å². The molecule has 0 unspecified atom stereocenters. The molecule has 6 nitrogen and oxygen atoms in total. The molecule has 0 bridgehead atoms. The van der Waals surface area contributed by atoms with E-state index in [1.54, 1.807) is 6.07 Å². The van der Waals surface area contributed by atoms with Gasteiger partial charge in [-0.3, -0.25) is 18.7 Å². The lowest BCUT2D eigenvalue weighted by molar-refractivity contribution is -0.116. The maximum atomic E-state index is 12.6. The van der Waals surface area contributed by atoms with Crippen molar-refractivity contribution in [3.63, 3.8) is 0 Å². The molecule has 0 fully saturated rings. The molecule has 2 aromatic carbocycles. The van der Waals surface area contributed by atoms with Crippen LogP contribution in [-0.2, 0) is 17.9 Å². The van der Waals surface area contributed by atoms with Crippen LogP contribution in [-0.4, -0.2) is 15.0 Å². The Balaban J connectivity index is 1.80. The van der Waals surface area contributed by atoms with E-state index in [2.05, 4.69) is 5.32 Å². The van der Waals surface area contributed by atoms with Crippen LogP contribution >= 0.6 is 0 Å². The van der Waals surface area contributed by atoms with Gasteiger partial charge in [0, 0.05) is 18.0 Å². The number of hydrogen-bond donors (Lipinski definition) is 1. The van der Waals surface area contributed by atoms with Crippen LogP contribution in [0.25, 0.3) is 0 Å². The van der Waals surface area contributed by atoms with E-state index >= 15 is 0 Å². The Bertz CT molecular complexity index is 1080. The van der Waals surface area contributed by atoms with Gasteiger partial charge in [-0.25, -0.2) is 4.79 Å². The molecule has 0 atom stereocenters. The summed E-state index contributed by atoms with van der Waals surface area (Å²) in [4.78, 5) is 37.0. The summed E-state index contributed by atoms with van der Waals surface area (Å²) < 4.78 is 2.37. The third kappa shape index (κ3) is 4.61. The summed E-state index contributed by atoms with van der Waals surface area (Å²) in [7, 11) is 0. The first-order chi connectivity index (χ1) is 12.9. The van der Waals surface area contributed by atoms with Crippen molar-refractivity contribution >= 4 is 11.6 Å². The summed E-state index contributed by atoms with van der Waals surface area (Å²) in [6.45, 7) is 3.91. The molecule has 1 N–H and O–H groups in total. The Hall–Kier alpha value is -3.41. The molecule has 0 radical (unpaired) electrons. The first-order valence-corrected chi connectivity index (χ1v) is 8.65. The number of carbonyl (C=O) groups is 1. The summed E-state index contributed by atoms with van der Waals surface area (Å²) >= 11 is 0. The molecule has 0 spiro atoms. The van der Waals surface area contributed by atoms with Crippen LogP contribution in [0.15, 0.2) is 70.4 Å². The van der Waals surface area contributed by atoms with E-state index in [1.165, 1.54) is 16.8 Å². The second kappa shape index (κ2) is 7.86. The molecule has 0 aliphatic rings. The first kappa shape index (κ1) is 18.4. The van der Waals surface area contributed by atoms with Gasteiger partial charge in [0.2, 0.25) is 5.91 Å². The minimum Gasteiger partial charge on any atom is -0.325 e. The highest BCUT2D eigenvalue weighted by Gasteiger charge is 2.11. The van der Waals surface area contributed by atoms with Gasteiger partial charge in [-0.2, -0.15) is 0 Å². The van der Waals surface area contributed by atoms with Crippen molar-refractivity contribution in [1.29, 1.82) is 0 Å². The molecule has 0 aliphatic heterocycles. The molecule has 138 valence electrons. The molecule has 6 heteroatoms. The number of anilines is 1. The lowest BCUT2D eigenvalue weighted by Gasteiger charge is -2.11. The number of carbonyl (C=O) groups excluding carboxylic acids is 1. The largest absolute Gasteiger partial charge is 0.331 e. The van der Waals surface area contributed by atoms with Gasteiger partial charge in [-0.05, 0) is 37.1 Å². The molecular weight excluding hydrogens is 342 g/mol. The van der Waals surface area contributed by atoms with E-state index < -0.39 is 17.2 Å². The van der Waals surface area contributed by atoms with Crippen LogP contribution in [0.3, 0.4) is 0 Å². The first-order valence-electron chi connectivity index (χ1n) is 8.65. The number of rotatable bonds is 5. The fraction of sp³-hybridized carbons (Fsp3) is 0.190. The maximum Gasteiger partial charge on any atom is 0.331 e. The van der Waals surface area contributed by atoms with Crippen molar-refractivity contribution in [3.05, 3.63) is 98.3 Å². The second-order valence-electron chi connectivity index (χ2n) is 6.55. The van der Waals surface area contributed by atoms with Gasteiger partial charge in [-0.15, -0.1) is 0 Å². The standard InChI is InChI=1S/C21H21N3O3/c1-15-6-8-17(9-7-15)13-23-11-10-20(26)24(21(23)27)14-19(25)22-18-5-3-4-16(2)12-18/h3-12H,13-14H2,1-2H3,(H,22,25). The maximum absolute atomic E-state index is 12.6. The number of aryl methyl sites for hydroxylation is 2. The summed E-state index contributed by atoms with van der Waals surface area (Å²) in [6.07, 6.45) is 1.46. The fourth-order valence-electron chi connectivity index (χ4n) is 2.78. The Morgan fingerprint density at radius 1 is 0.963 bits per heavy atom. The van der Waals surface area contributed by atoms with E-state index in [4.69, 9.17) is 0 Å². The summed E-state index contributed by atoms with van der Waals surface area (Å²) in [5.41, 5.74) is 2.69. The number of hydrogen-bond acceptors (Lipinski definition) is 3. The Kier molecular flexibility index (Phi) is 5.35. The van der Waals surface area contributed by atoms with Gasteiger partial charge in [-0.1, -0.05) is 42.0 Å².